The first-order valence-electron chi connectivity index (χ1n) is 4.35. The van der Waals surface area contributed by atoms with E-state index >= 15 is 0 Å². The molecule has 1 aromatic rings. The van der Waals surface area contributed by atoms with Crippen molar-refractivity contribution in [3.8, 4) is 5.75 Å². The normalized spacial score (nSPS) is 8.33. The smallest absolute Gasteiger partial charge is 0.137 e. The fourth-order valence-corrected chi connectivity index (χ4v) is 0.741. The van der Waals surface area contributed by atoms with Gasteiger partial charge in [-0.25, -0.2) is 0 Å². The van der Waals surface area contributed by atoms with Gasteiger partial charge in [-0.2, -0.15) is 0 Å². The van der Waals surface area contributed by atoms with Gasteiger partial charge >= 0.3 is 0 Å². The molecule has 0 atom stereocenters. The van der Waals surface area contributed by atoms with Gasteiger partial charge in [-0.3, -0.25) is 4.98 Å². The van der Waals surface area contributed by atoms with E-state index in [2.05, 4.69) is 11.9 Å². The van der Waals surface area contributed by atoms with E-state index in [-0.39, 0.29) is 0 Å². The lowest BCUT2D eigenvalue weighted by molar-refractivity contribution is 0.412. The van der Waals surface area contributed by atoms with Gasteiger partial charge in [0.25, 0.3) is 0 Å². The molecule has 0 radical (unpaired) electrons. The van der Waals surface area contributed by atoms with Crippen molar-refractivity contribution in [2.75, 3.05) is 7.11 Å². The van der Waals surface area contributed by atoms with E-state index in [1.54, 1.807) is 13.3 Å². The second-order valence-electron chi connectivity index (χ2n) is 2.04. The Labute approximate surface area is 74.6 Å². The molecule has 2 nitrogen and oxygen atoms in total. The van der Waals surface area contributed by atoms with Crippen LogP contribution in [0.3, 0.4) is 0 Å². The van der Waals surface area contributed by atoms with E-state index in [1.165, 1.54) is 0 Å². The molecule has 0 bridgehead atoms. The van der Waals surface area contributed by atoms with Crippen LogP contribution in [0.4, 0.5) is 0 Å². The molecule has 0 aliphatic carbocycles. The average molecular weight is 167 g/mol. The third-order valence-electron chi connectivity index (χ3n) is 1.40. The van der Waals surface area contributed by atoms with E-state index in [9.17, 15) is 0 Å². The monoisotopic (exact) mass is 167 g/mol. The standard InChI is InChI=1S/C8H11NO.C2H6/c1-3-7-4-5-8(10-2)6-9-7;1-2/h4-6H,3H2,1-2H3;1-2H3. The maximum atomic E-state index is 4.95. The van der Waals surface area contributed by atoms with Gasteiger partial charge < -0.3 is 4.74 Å². The van der Waals surface area contributed by atoms with Gasteiger partial charge in [-0.15, -0.1) is 0 Å². The third-order valence-corrected chi connectivity index (χ3v) is 1.40. The van der Waals surface area contributed by atoms with Crippen molar-refractivity contribution in [1.82, 2.24) is 4.98 Å². The summed E-state index contributed by atoms with van der Waals surface area (Å²) in [7, 11) is 1.64. The maximum absolute atomic E-state index is 4.95. The lowest BCUT2D eigenvalue weighted by atomic mass is 10.3. The van der Waals surface area contributed by atoms with Gasteiger partial charge in [0, 0.05) is 5.69 Å². The highest BCUT2D eigenvalue weighted by atomic mass is 16.5. The minimum absolute atomic E-state index is 0.817. The molecule has 0 aliphatic rings. The Kier molecular flexibility index (Phi) is 6.07. The van der Waals surface area contributed by atoms with Crippen LogP contribution >= 0.6 is 0 Å². The van der Waals surface area contributed by atoms with Crippen LogP contribution in [-0.4, -0.2) is 12.1 Å². The molecule has 1 heterocycles. The first-order chi connectivity index (χ1) is 5.86. The fourth-order valence-electron chi connectivity index (χ4n) is 0.741. The molecule has 1 rings (SSSR count). The van der Waals surface area contributed by atoms with Crippen molar-refractivity contribution < 1.29 is 4.74 Å². The molecule has 0 N–H and O–H groups in total. The largest absolute Gasteiger partial charge is 0.495 e. The van der Waals surface area contributed by atoms with Crippen LogP contribution in [-0.2, 0) is 6.42 Å². The zero-order chi connectivity index (χ0) is 9.40. The summed E-state index contributed by atoms with van der Waals surface area (Å²) in [6, 6.07) is 3.89. The molecule has 0 fully saturated rings. The minimum Gasteiger partial charge on any atom is -0.495 e. The fraction of sp³-hybridized carbons (Fsp3) is 0.500. The summed E-state index contributed by atoms with van der Waals surface area (Å²) in [5.74, 6) is 0.817. The summed E-state index contributed by atoms with van der Waals surface area (Å²) in [5, 5.41) is 0. The second kappa shape index (κ2) is 6.65. The molecule has 0 spiro atoms. The molecule has 0 amide bonds. The van der Waals surface area contributed by atoms with Crippen LogP contribution in [0.15, 0.2) is 18.3 Å². The summed E-state index contributed by atoms with van der Waals surface area (Å²) >= 11 is 0. The van der Waals surface area contributed by atoms with E-state index in [0.717, 1.165) is 17.9 Å². The van der Waals surface area contributed by atoms with Crippen LogP contribution in [0, 0.1) is 0 Å². The summed E-state index contributed by atoms with van der Waals surface area (Å²) in [6.45, 7) is 6.08. The Bertz CT molecular complexity index is 170. The van der Waals surface area contributed by atoms with Gasteiger partial charge in [0.2, 0.25) is 0 Å². The molecule has 0 saturated carbocycles. The van der Waals surface area contributed by atoms with Crippen LogP contribution in [0.25, 0.3) is 0 Å². The summed E-state index contributed by atoms with van der Waals surface area (Å²) in [6.07, 6.45) is 2.71. The lowest BCUT2D eigenvalue weighted by Gasteiger charge is -1.98. The Morgan fingerprint density at radius 3 is 2.33 bits per heavy atom. The molecule has 0 unspecified atom stereocenters. The highest BCUT2D eigenvalue weighted by Gasteiger charge is 1.90. The molecule has 2 heteroatoms. The molecule has 1 aromatic heterocycles. The topological polar surface area (TPSA) is 22.1 Å². The predicted molar refractivity (Wildman–Crippen MR) is 51.5 cm³/mol. The number of rotatable bonds is 2. The third kappa shape index (κ3) is 3.37. The summed E-state index contributed by atoms with van der Waals surface area (Å²) in [5.41, 5.74) is 1.10. The van der Waals surface area contributed by atoms with Crippen LogP contribution in [0.5, 0.6) is 5.75 Å². The van der Waals surface area contributed by atoms with Crippen LogP contribution < -0.4 is 4.74 Å². The van der Waals surface area contributed by atoms with Crippen LogP contribution in [0.2, 0.25) is 0 Å². The molecule has 68 valence electrons. The van der Waals surface area contributed by atoms with E-state index in [0.29, 0.717) is 0 Å². The zero-order valence-corrected chi connectivity index (χ0v) is 8.29. The summed E-state index contributed by atoms with van der Waals surface area (Å²) < 4.78 is 4.95. The van der Waals surface area contributed by atoms with Crippen molar-refractivity contribution in [2.45, 2.75) is 27.2 Å². The van der Waals surface area contributed by atoms with Crippen molar-refractivity contribution in [3.05, 3.63) is 24.0 Å². The van der Waals surface area contributed by atoms with Crippen molar-refractivity contribution in [1.29, 1.82) is 0 Å². The predicted octanol–water partition coefficient (Wildman–Crippen LogP) is 2.68. The Hall–Kier alpha value is -1.05. The van der Waals surface area contributed by atoms with E-state index < -0.39 is 0 Å². The molecular formula is C10H17NO. The second-order valence-corrected chi connectivity index (χ2v) is 2.04. The number of methoxy groups -OCH3 is 1. The number of aromatic nitrogens is 1. The number of ether oxygens (including phenoxy) is 1. The molecule has 0 aromatic carbocycles. The first-order valence-corrected chi connectivity index (χ1v) is 4.35. The maximum Gasteiger partial charge on any atom is 0.137 e. The zero-order valence-electron chi connectivity index (χ0n) is 8.29. The number of hydrogen-bond acceptors (Lipinski definition) is 2. The Morgan fingerprint density at radius 2 is 2.00 bits per heavy atom. The SMILES string of the molecule is CC.CCc1ccc(OC)cn1. The van der Waals surface area contributed by atoms with Gasteiger partial charge in [-0.1, -0.05) is 20.8 Å². The highest BCUT2D eigenvalue weighted by molar-refractivity contribution is 5.19. The molecular weight excluding hydrogens is 150 g/mol. The highest BCUT2D eigenvalue weighted by Crippen LogP contribution is 2.07. The number of pyridine rings is 1. The average Bonchev–Trinajstić information content (AvgIpc) is 2.21. The van der Waals surface area contributed by atoms with Gasteiger partial charge in [0.15, 0.2) is 0 Å². The van der Waals surface area contributed by atoms with E-state index in [1.807, 2.05) is 26.0 Å². The van der Waals surface area contributed by atoms with Crippen molar-refractivity contribution in [2.24, 2.45) is 0 Å². The van der Waals surface area contributed by atoms with Gasteiger partial charge in [-0.05, 0) is 18.6 Å². The number of aryl methyl sites for hydroxylation is 1. The lowest BCUT2D eigenvalue weighted by Crippen LogP contribution is -1.87. The van der Waals surface area contributed by atoms with Crippen LogP contribution in [0.1, 0.15) is 26.5 Å². The number of hydrogen-bond donors (Lipinski definition) is 0. The Balaban J connectivity index is 0.000000561. The van der Waals surface area contributed by atoms with E-state index in [4.69, 9.17) is 4.74 Å². The Morgan fingerprint density at radius 1 is 1.33 bits per heavy atom. The minimum atomic E-state index is 0.817. The number of nitrogens with zero attached hydrogens (tertiary/aromatic N) is 1. The molecule has 12 heavy (non-hydrogen) atoms. The first kappa shape index (κ1) is 11.0. The molecule has 0 aliphatic heterocycles. The summed E-state index contributed by atoms with van der Waals surface area (Å²) in [4.78, 5) is 4.14. The van der Waals surface area contributed by atoms with Gasteiger partial charge in [0.05, 0.1) is 13.3 Å². The molecule has 0 saturated heterocycles. The van der Waals surface area contributed by atoms with Crippen molar-refractivity contribution in [3.63, 3.8) is 0 Å². The quantitative estimate of drug-likeness (QED) is 0.675. The van der Waals surface area contributed by atoms with Crippen molar-refractivity contribution >= 4 is 0 Å². The van der Waals surface area contributed by atoms with Gasteiger partial charge in [0.1, 0.15) is 5.75 Å².